The maximum absolute atomic E-state index is 12.5. The molecule has 4 nitrogen and oxygen atoms in total. The molecule has 2 aromatic carbocycles. The summed E-state index contributed by atoms with van der Waals surface area (Å²) < 4.78 is 0. The van der Waals surface area contributed by atoms with Gasteiger partial charge in [-0.3, -0.25) is 9.59 Å². The molecule has 2 aromatic rings. The molecule has 0 spiro atoms. The first-order valence-electron chi connectivity index (χ1n) is 8.10. The Balaban J connectivity index is 1.53. The maximum Gasteiger partial charge on any atom is 0.251 e. The van der Waals surface area contributed by atoms with Crippen LogP contribution in [0.3, 0.4) is 0 Å². The molecule has 2 aliphatic heterocycles. The van der Waals surface area contributed by atoms with E-state index >= 15 is 0 Å². The summed E-state index contributed by atoms with van der Waals surface area (Å²) in [7, 11) is 0. The van der Waals surface area contributed by atoms with Crippen molar-refractivity contribution in [1.82, 2.24) is 5.32 Å². The monoisotopic (exact) mass is 340 g/mol. The maximum atomic E-state index is 12.5. The van der Waals surface area contributed by atoms with Crippen LogP contribution in [0.5, 0.6) is 0 Å². The summed E-state index contributed by atoms with van der Waals surface area (Å²) >= 11 is 5.87. The van der Waals surface area contributed by atoms with Crippen LogP contribution in [0, 0.1) is 0 Å². The first kappa shape index (κ1) is 15.2. The van der Waals surface area contributed by atoms with Crippen LogP contribution in [0.4, 0.5) is 5.69 Å². The summed E-state index contributed by atoms with van der Waals surface area (Å²) in [6, 6.07) is 11.3. The fourth-order valence-electron chi connectivity index (χ4n) is 3.48. The van der Waals surface area contributed by atoms with Crippen molar-refractivity contribution in [3.8, 4) is 0 Å². The van der Waals surface area contributed by atoms with Crippen LogP contribution < -0.4 is 10.2 Å². The molecule has 0 aromatic heterocycles. The molecule has 0 aliphatic carbocycles. The number of halogens is 1. The molecular weight excluding hydrogens is 324 g/mol. The Bertz CT molecular complexity index is 830. The summed E-state index contributed by atoms with van der Waals surface area (Å²) in [5, 5.41) is 3.63. The van der Waals surface area contributed by atoms with E-state index in [0.717, 1.165) is 41.8 Å². The van der Waals surface area contributed by atoms with Gasteiger partial charge in [0.15, 0.2) is 0 Å². The minimum Gasteiger partial charge on any atom is -0.348 e. The van der Waals surface area contributed by atoms with Gasteiger partial charge >= 0.3 is 0 Å². The molecule has 1 N–H and O–H groups in total. The minimum atomic E-state index is -0.0839. The average molecular weight is 341 g/mol. The van der Waals surface area contributed by atoms with Gasteiger partial charge in [-0.05, 0) is 53.8 Å². The molecule has 24 heavy (non-hydrogen) atoms. The molecule has 0 atom stereocenters. The fraction of sp³-hybridized carbons (Fsp3) is 0.263. The largest absolute Gasteiger partial charge is 0.348 e. The van der Waals surface area contributed by atoms with Crippen LogP contribution in [-0.2, 0) is 24.2 Å². The van der Waals surface area contributed by atoms with E-state index in [4.69, 9.17) is 11.6 Å². The topological polar surface area (TPSA) is 49.4 Å². The second-order valence-electron chi connectivity index (χ2n) is 6.25. The summed E-state index contributed by atoms with van der Waals surface area (Å²) in [6.07, 6.45) is 2.07. The zero-order valence-electron chi connectivity index (χ0n) is 13.1. The number of nitrogens with zero attached hydrogens (tertiary/aromatic N) is 1. The molecule has 2 aliphatic rings. The van der Waals surface area contributed by atoms with Gasteiger partial charge in [-0.1, -0.05) is 23.7 Å². The van der Waals surface area contributed by atoms with E-state index in [1.807, 2.05) is 41.3 Å². The molecule has 0 saturated carbocycles. The Labute approximate surface area is 145 Å². The number of nitrogens with one attached hydrogen (secondary N) is 1. The van der Waals surface area contributed by atoms with Crippen molar-refractivity contribution in [3.63, 3.8) is 0 Å². The predicted molar refractivity (Wildman–Crippen MR) is 93.4 cm³/mol. The third-order valence-electron chi connectivity index (χ3n) is 4.68. The van der Waals surface area contributed by atoms with Crippen molar-refractivity contribution in [2.75, 3.05) is 11.4 Å². The minimum absolute atomic E-state index is 0.0839. The molecule has 0 radical (unpaired) electrons. The first-order chi connectivity index (χ1) is 11.6. The molecule has 0 unspecified atom stereocenters. The molecule has 2 heterocycles. The van der Waals surface area contributed by atoms with Crippen molar-refractivity contribution >= 4 is 29.1 Å². The highest BCUT2D eigenvalue weighted by Crippen LogP contribution is 2.37. The lowest BCUT2D eigenvalue weighted by molar-refractivity contribution is -0.118. The number of anilines is 1. The van der Waals surface area contributed by atoms with E-state index in [1.165, 1.54) is 0 Å². The van der Waals surface area contributed by atoms with Gasteiger partial charge in [0, 0.05) is 30.1 Å². The number of carbonyl (C=O) groups is 2. The van der Waals surface area contributed by atoms with Crippen LogP contribution in [0.2, 0.25) is 5.02 Å². The van der Waals surface area contributed by atoms with Crippen LogP contribution in [0.1, 0.15) is 33.5 Å². The van der Waals surface area contributed by atoms with Crippen molar-refractivity contribution in [2.24, 2.45) is 0 Å². The number of amides is 2. The fourth-order valence-corrected chi connectivity index (χ4v) is 3.60. The Morgan fingerprint density at radius 3 is 2.54 bits per heavy atom. The second-order valence-corrected chi connectivity index (χ2v) is 6.68. The third-order valence-corrected chi connectivity index (χ3v) is 4.93. The summed E-state index contributed by atoms with van der Waals surface area (Å²) in [5.41, 5.74) is 4.94. The smallest absolute Gasteiger partial charge is 0.251 e. The van der Waals surface area contributed by atoms with E-state index < -0.39 is 0 Å². The zero-order valence-corrected chi connectivity index (χ0v) is 13.9. The number of benzene rings is 2. The highest BCUT2D eigenvalue weighted by molar-refractivity contribution is 6.30. The number of rotatable bonds is 3. The second kappa shape index (κ2) is 5.95. The molecule has 4 rings (SSSR count). The SMILES string of the molecule is O=C(NCc1ccc(Cl)cc1)c1cc2c3c(c1)CCN3C(=O)CC2. The standard InChI is InChI=1S/C19H17ClN2O2/c20-16-4-1-12(2-5-16)11-21-19(24)15-9-13-3-6-17(23)22-8-7-14(10-15)18(13)22/h1-2,4-5,9-10H,3,6-8,11H2,(H,21,24). The lowest BCUT2D eigenvalue weighted by Crippen LogP contribution is -2.33. The van der Waals surface area contributed by atoms with Gasteiger partial charge in [0.1, 0.15) is 0 Å². The first-order valence-corrected chi connectivity index (χ1v) is 8.48. The molecule has 0 fully saturated rings. The summed E-state index contributed by atoms with van der Waals surface area (Å²) in [4.78, 5) is 26.3. The number of aryl methyl sites for hydroxylation is 1. The Kier molecular flexibility index (Phi) is 3.77. The van der Waals surface area contributed by atoms with Gasteiger partial charge in [0.05, 0.1) is 5.69 Å². The molecule has 122 valence electrons. The molecule has 0 bridgehead atoms. The number of hydrogen-bond donors (Lipinski definition) is 1. The van der Waals surface area contributed by atoms with E-state index in [-0.39, 0.29) is 11.8 Å². The normalized spacial score (nSPS) is 15.4. The van der Waals surface area contributed by atoms with E-state index in [2.05, 4.69) is 5.32 Å². The van der Waals surface area contributed by atoms with E-state index in [0.29, 0.717) is 23.6 Å². The number of hydrogen-bond acceptors (Lipinski definition) is 2. The van der Waals surface area contributed by atoms with Crippen molar-refractivity contribution < 1.29 is 9.59 Å². The Morgan fingerprint density at radius 1 is 1.08 bits per heavy atom. The van der Waals surface area contributed by atoms with Crippen molar-refractivity contribution in [3.05, 3.63) is 63.7 Å². The van der Waals surface area contributed by atoms with E-state index in [1.54, 1.807) is 0 Å². The van der Waals surface area contributed by atoms with E-state index in [9.17, 15) is 9.59 Å². The molecular formula is C19H17ClN2O2. The third kappa shape index (κ3) is 2.67. The predicted octanol–water partition coefficient (Wildman–Crippen LogP) is 3.11. The number of carbonyl (C=O) groups excluding carboxylic acids is 2. The summed E-state index contributed by atoms with van der Waals surface area (Å²) in [6.45, 7) is 1.20. The molecule has 2 amide bonds. The van der Waals surface area contributed by atoms with Gasteiger partial charge in [0.25, 0.3) is 5.91 Å². The zero-order chi connectivity index (χ0) is 16.7. The van der Waals surface area contributed by atoms with Crippen LogP contribution in [0.25, 0.3) is 0 Å². The lowest BCUT2D eigenvalue weighted by atomic mass is 9.96. The van der Waals surface area contributed by atoms with Gasteiger partial charge in [-0.15, -0.1) is 0 Å². The van der Waals surface area contributed by atoms with Gasteiger partial charge < -0.3 is 10.2 Å². The van der Waals surface area contributed by atoms with Crippen LogP contribution in [0.15, 0.2) is 36.4 Å². The van der Waals surface area contributed by atoms with Gasteiger partial charge in [-0.2, -0.15) is 0 Å². The molecule has 5 heteroatoms. The van der Waals surface area contributed by atoms with Crippen LogP contribution >= 0.6 is 11.6 Å². The highest BCUT2D eigenvalue weighted by atomic mass is 35.5. The van der Waals surface area contributed by atoms with Crippen molar-refractivity contribution in [2.45, 2.75) is 25.8 Å². The highest BCUT2D eigenvalue weighted by Gasteiger charge is 2.31. The van der Waals surface area contributed by atoms with Gasteiger partial charge in [0.2, 0.25) is 5.91 Å². The van der Waals surface area contributed by atoms with Crippen molar-refractivity contribution in [1.29, 1.82) is 0 Å². The Morgan fingerprint density at radius 2 is 1.79 bits per heavy atom. The van der Waals surface area contributed by atoms with Gasteiger partial charge in [-0.25, -0.2) is 0 Å². The van der Waals surface area contributed by atoms with Crippen LogP contribution in [-0.4, -0.2) is 18.4 Å². The molecule has 0 saturated heterocycles. The average Bonchev–Trinajstić information content (AvgIpc) is 3.03. The summed E-state index contributed by atoms with van der Waals surface area (Å²) in [5.74, 6) is 0.112. The Hall–Kier alpha value is -2.33. The quantitative estimate of drug-likeness (QED) is 0.933. The lowest BCUT2D eigenvalue weighted by Gasteiger charge is -2.25.